The third-order valence-electron chi connectivity index (χ3n) is 4.44. The van der Waals surface area contributed by atoms with Crippen LogP contribution in [0.3, 0.4) is 0 Å². The lowest BCUT2D eigenvalue weighted by Crippen LogP contribution is -2.24. The molecule has 11 heteroatoms. The molecule has 0 radical (unpaired) electrons. The smallest absolute Gasteiger partial charge is 0.208 e. The molecule has 0 spiro atoms. The number of methoxy groups -OCH3 is 1. The van der Waals surface area contributed by atoms with Crippen molar-refractivity contribution in [1.29, 1.82) is 0 Å². The normalized spacial score (nSPS) is 12.2. The standard InChI is InChI=1S/C19H24BrN5O3SSi/c1-28-15-7-5-14(6-8-15)13-25-23-18(22-24-25)17-16(20)9-10-21-19(17)29(26,27)11-12-30(2,3)4/h5-10H,11-13H2,1-4H3. The van der Waals surface area contributed by atoms with Gasteiger partial charge in [0, 0.05) is 18.7 Å². The van der Waals surface area contributed by atoms with Crippen LogP contribution < -0.4 is 4.74 Å². The lowest BCUT2D eigenvalue weighted by molar-refractivity contribution is 0.414. The van der Waals surface area contributed by atoms with Crippen molar-refractivity contribution in [3.8, 4) is 17.1 Å². The van der Waals surface area contributed by atoms with Crippen LogP contribution in [0.25, 0.3) is 11.4 Å². The van der Waals surface area contributed by atoms with Crippen LogP contribution in [0.2, 0.25) is 25.7 Å². The predicted octanol–water partition coefficient (Wildman–Crippen LogP) is 3.67. The van der Waals surface area contributed by atoms with Gasteiger partial charge in [0.2, 0.25) is 5.82 Å². The van der Waals surface area contributed by atoms with Gasteiger partial charge in [-0.2, -0.15) is 4.80 Å². The molecule has 0 bridgehead atoms. The van der Waals surface area contributed by atoms with Gasteiger partial charge < -0.3 is 4.74 Å². The first-order valence-electron chi connectivity index (χ1n) is 9.37. The topological polar surface area (TPSA) is 99.9 Å². The number of halogens is 1. The molecule has 2 heterocycles. The van der Waals surface area contributed by atoms with Gasteiger partial charge in [-0.25, -0.2) is 13.4 Å². The number of hydrogen-bond acceptors (Lipinski definition) is 7. The Morgan fingerprint density at radius 2 is 1.83 bits per heavy atom. The van der Waals surface area contributed by atoms with Gasteiger partial charge >= 0.3 is 0 Å². The number of sulfone groups is 1. The van der Waals surface area contributed by atoms with Crippen molar-refractivity contribution in [2.75, 3.05) is 12.9 Å². The quantitative estimate of drug-likeness (QED) is 0.427. The molecule has 3 aromatic rings. The maximum absolute atomic E-state index is 13.0. The van der Waals surface area contributed by atoms with Crippen molar-refractivity contribution in [3.05, 3.63) is 46.6 Å². The molecule has 8 nitrogen and oxygen atoms in total. The molecule has 0 amide bonds. The van der Waals surface area contributed by atoms with Crippen LogP contribution in [-0.4, -0.2) is 54.5 Å². The highest BCUT2D eigenvalue weighted by Gasteiger charge is 2.28. The highest BCUT2D eigenvalue weighted by Crippen LogP contribution is 2.31. The Morgan fingerprint density at radius 1 is 1.13 bits per heavy atom. The Labute approximate surface area is 185 Å². The monoisotopic (exact) mass is 509 g/mol. The van der Waals surface area contributed by atoms with Gasteiger partial charge in [0.15, 0.2) is 14.9 Å². The molecule has 0 saturated carbocycles. The largest absolute Gasteiger partial charge is 0.497 e. The number of nitrogens with zero attached hydrogens (tertiary/aromatic N) is 5. The Bertz CT molecular complexity index is 1130. The van der Waals surface area contributed by atoms with Crippen molar-refractivity contribution < 1.29 is 13.2 Å². The van der Waals surface area contributed by atoms with Gasteiger partial charge in [0.1, 0.15) is 5.75 Å². The molecule has 2 aromatic heterocycles. The molecule has 0 N–H and O–H groups in total. The second-order valence-electron chi connectivity index (χ2n) is 8.09. The van der Waals surface area contributed by atoms with E-state index in [0.29, 0.717) is 22.6 Å². The average molecular weight is 510 g/mol. The van der Waals surface area contributed by atoms with E-state index in [1.54, 1.807) is 13.2 Å². The number of ether oxygens (including phenoxy) is 1. The molecule has 0 aliphatic carbocycles. The average Bonchev–Trinajstić information content (AvgIpc) is 3.14. The second-order valence-corrected chi connectivity index (χ2v) is 16.6. The van der Waals surface area contributed by atoms with E-state index in [0.717, 1.165) is 11.3 Å². The lowest BCUT2D eigenvalue weighted by Gasteiger charge is -2.16. The summed E-state index contributed by atoms with van der Waals surface area (Å²) in [6, 6.07) is 9.86. The van der Waals surface area contributed by atoms with E-state index in [9.17, 15) is 8.42 Å². The summed E-state index contributed by atoms with van der Waals surface area (Å²) in [7, 11) is -3.51. The van der Waals surface area contributed by atoms with Gasteiger partial charge in [-0.3, -0.25) is 0 Å². The van der Waals surface area contributed by atoms with E-state index < -0.39 is 17.9 Å². The van der Waals surface area contributed by atoms with Crippen LogP contribution in [0.1, 0.15) is 5.56 Å². The van der Waals surface area contributed by atoms with Crippen LogP contribution in [0, 0.1) is 0 Å². The summed E-state index contributed by atoms with van der Waals surface area (Å²) in [5, 5.41) is 12.6. The third-order valence-corrected chi connectivity index (χ3v) is 8.85. The second kappa shape index (κ2) is 8.94. The van der Waals surface area contributed by atoms with E-state index in [1.165, 1.54) is 11.0 Å². The molecule has 1 aromatic carbocycles. The lowest BCUT2D eigenvalue weighted by atomic mass is 10.2. The molecular weight excluding hydrogens is 486 g/mol. The number of benzene rings is 1. The Hall–Kier alpha value is -2.11. The number of hydrogen-bond donors (Lipinski definition) is 0. The van der Waals surface area contributed by atoms with Crippen molar-refractivity contribution >= 4 is 33.8 Å². The number of pyridine rings is 1. The van der Waals surface area contributed by atoms with Gasteiger partial charge in [-0.05, 0) is 50.9 Å². The molecule has 30 heavy (non-hydrogen) atoms. The molecular formula is C19H24BrN5O3SSi. The first kappa shape index (κ1) is 22.6. The van der Waals surface area contributed by atoms with Crippen LogP contribution >= 0.6 is 15.9 Å². The fourth-order valence-corrected chi connectivity index (χ4v) is 7.77. The molecule has 0 aliphatic rings. The van der Waals surface area contributed by atoms with Gasteiger partial charge in [-0.15, -0.1) is 10.2 Å². The molecule has 0 unspecified atom stereocenters. The first-order valence-corrected chi connectivity index (χ1v) is 15.5. The Kier molecular flexibility index (Phi) is 6.73. The molecule has 0 fully saturated rings. The fourth-order valence-electron chi connectivity index (χ4n) is 2.70. The highest BCUT2D eigenvalue weighted by molar-refractivity contribution is 9.10. The van der Waals surface area contributed by atoms with E-state index in [-0.39, 0.29) is 16.6 Å². The molecule has 3 rings (SSSR count). The first-order chi connectivity index (χ1) is 14.1. The van der Waals surface area contributed by atoms with Crippen LogP contribution in [-0.2, 0) is 16.4 Å². The fraction of sp³-hybridized carbons (Fsp3) is 0.368. The maximum atomic E-state index is 13.0. The number of aromatic nitrogens is 5. The van der Waals surface area contributed by atoms with E-state index >= 15 is 0 Å². The van der Waals surface area contributed by atoms with Crippen molar-refractivity contribution in [2.45, 2.75) is 37.3 Å². The zero-order valence-electron chi connectivity index (χ0n) is 17.3. The number of tetrazole rings is 1. The van der Waals surface area contributed by atoms with E-state index in [2.05, 4.69) is 56.0 Å². The van der Waals surface area contributed by atoms with Crippen molar-refractivity contribution in [2.24, 2.45) is 0 Å². The third kappa shape index (κ3) is 5.52. The zero-order chi connectivity index (χ0) is 21.9. The Balaban J connectivity index is 1.91. The SMILES string of the molecule is COc1ccc(Cn2nnc(-c3c(Br)ccnc3S(=O)(=O)CC[Si](C)(C)C)n2)cc1. The van der Waals surface area contributed by atoms with Crippen molar-refractivity contribution in [3.63, 3.8) is 0 Å². The van der Waals surface area contributed by atoms with Crippen LogP contribution in [0.5, 0.6) is 5.75 Å². The predicted molar refractivity (Wildman–Crippen MR) is 121 cm³/mol. The van der Waals surface area contributed by atoms with E-state index in [4.69, 9.17) is 4.74 Å². The molecule has 0 saturated heterocycles. The minimum absolute atomic E-state index is 0.0147. The molecule has 160 valence electrons. The summed E-state index contributed by atoms with van der Waals surface area (Å²) >= 11 is 3.43. The molecule has 0 aliphatic heterocycles. The van der Waals surface area contributed by atoms with Gasteiger partial charge in [-0.1, -0.05) is 31.8 Å². The summed E-state index contributed by atoms with van der Waals surface area (Å²) in [4.78, 5) is 5.59. The van der Waals surface area contributed by atoms with Crippen LogP contribution in [0.15, 0.2) is 46.0 Å². The summed E-state index contributed by atoms with van der Waals surface area (Å²) in [5.74, 6) is 1.03. The summed E-state index contributed by atoms with van der Waals surface area (Å²) < 4.78 is 31.8. The van der Waals surface area contributed by atoms with Crippen molar-refractivity contribution in [1.82, 2.24) is 25.2 Å². The Morgan fingerprint density at radius 3 is 2.47 bits per heavy atom. The van der Waals surface area contributed by atoms with Gasteiger partial charge in [0.25, 0.3) is 0 Å². The highest BCUT2D eigenvalue weighted by atomic mass is 79.9. The summed E-state index contributed by atoms with van der Waals surface area (Å²) in [5.41, 5.74) is 1.31. The molecule has 0 atom stereocenters. The van der Waals surface area contributed by atoms with Gasteiger partial charge in [0.05, 0.1) is 25.0 Å². The minimum Gasteiger partial charge on any atom is -0.497 e. The maximum Gasteiger partial charge on any atom is 0.208 e. The van der Waals surface area contributed by atoms with E-state index in [1.807, 2.05) is 24.3 Å². The summed E-state index contributed by atoms with van der Waals surface area (Å²) in [6.07, 6.45) is 1.47. The number of rotatable bonds is 8. The zero-order valence-corrected chi connectivity index (χ0v) is 20.7. The van der Waals surface area contributed by atoms with Crippen LogP contribution in [0.4, 0.5) is 0 Å². The summed E-state index contributed by atoms with van der Waals surface area (Å²) in [6.45, 7) is 6.82. The minimum atomic E-state index is -3.59.